The van der Waals surface area contributed by atoms with Gasteiger partial charge in [-0.05, 0) is 26.2 Å². The van der Waals surface area contributed by atoms with Gasteiger partial charge in [0.05, 0.1) is 12.7 Å². The molecule has 4 heteroatoms. The van der Waals surface area contributed by atoms with Crippen molar-refractivity contribution < 1.29 is 19.1 Å². The monoisotopic (exact) mass is 230 g/mol. The summed E-state index contributed by atoms with van der Waals surface area (Å²) in [6, 6.07) is 0. The molecule has 0 aromatic carbocycles. The average Bonchev–Trinajstić information content (AvgIpc) is 2.17. The van der Waals surface area contributed by atoms with Crippen LogP contribution in [0.3, 0.4) is 0 Å². The van der Waals surface area contributed by atoms with E-state index < -0.39 is 0 Å². The maximum absolute atomic E-state index is 11.2. The molecule has 16 heavy (non-hydrogen) atoms. The van der Waals surface area contributed by atoms with Crippen molar-refractivity contribution in [3.63, 3.8) is 0 Å². The molecule has 0 aromatic rings. The third-order valence-corrected chi connectivity index (χ3v) is 2.12. The normalized spacial score (nSPS) is 11.9. The second-order valence-electron chi connectivity index (χ2n) is 3.89. The highest BCUT2D eigenvalue weighted by Crippen LogP contribution is 2.05. The van der Waals surface area contributed by atoms with Crippen molar-refractivity contribution in [3.8, 4) is 0 Å². The van der Waals surface area contributed by atoms with Crippen LogP contribution in [-0.4, -0.2) is 24.6 Å². The Morgan fingerprint density at radius 2 is 1.94 bits per heavy atom. The van der Waals surface area contributed by atoms with Crippen molar-refractivity contribution in [3.05, 3.63) is 0 Å². The van der Waals surface area contributed by atoms with Crippen molar-refractivity contribution in [1.29, 1.82) is 0 Å². The summed E-state index contributed by atoms with van der Waals surface area (Å²) in [5, 5.41) is 0. The molecular weight excluding hydrogens is 208 g/mol. The number of esters is 2. The van der Waals surface area contributed by atoms with Crippen LogP contribution in [-0.2, 0) is 19.1 Å². The Kier molecular flexibility index (Phi) is 8.58. The van der Waals surface area contributed by atoms with E-state index in [4.69, 9.17) is 9.47 Å². The summed E-state index contributed by atoms with van der Waals surface area (Å²) < 4.78 is 9.94. The van der Waals surface area contributed by atoms with Crippen LogP contribution in [0, 0.1) is 0 Å². The van der Waals surface area contributed by atoms with Crippen LogP contribution in [0.5, 0.6) is 0 Å². The fourth-order valence-electron chi connectivity index (χ4n) is 1.28. The number of rotatable bonds is 8. The molecule has 0 aliphatic carbocycles. The van der Waals surface area contributed by atoms with Crippen molar-refractivity contribution in [2.75, 3.05) is 6.61 Å². The fraction of sp³-hybridized carbons (Fsp3) is 0.833. The first kappa shape index (κ1) is 14.9. The predicted molar refractivity (Wildman–Crippen MR) is 60.9 cm³/mol. The summed E-state index contributed by atoms with van der Waals surface area (Å²) >= 11 is 0. The summed E-state index contributed by atoms with van der Waals surface area (Å²) in [4.78, 5) is 21.8. The molecule has 0 amide bonds. The molecule has 0 spiro atoms. The smallest absolute Gasteiger partial charge is 0.305 e. The molecular formula is C12H22O4. The number of carbonyl (C=O) groups excluding carboxylic acids is 2. The Hall–Kier alpha value is -1.06. The fourth-order valence-corrected chi connectivity index (χ4v) is 1.28. The van der Waals surface area contributed by atoms with Crippen LogP contribution < -0.4 is 0 Å². The lowest BCUT2D eigenvalue weighted by Crippen LogP contribution is -2.13. The zero-order valence-corrected chi connectivity index (χ0v) is 10.5. The highest BCUT2D eigenvalue weighted by atomic mass is 16.5. The second kappa shape index (κ2) is 9.19. The molecule has 4 nitrogen and oxygen atoms in total. The van der Waals surface area contributed by atoms with Gasteiger partial charge in [0.25, 0.3) is 0 Å². The lowest BCUT2D eigenvalue weighted by molar-refractivity contribution is -0.146. The summed E-state index contributed by atoms with van der Waals surface area (Å²) in [5.74, 6) is -0.443. The van der Waals surface area contributed by atoms with Gasteiger partial charge in [0.15, 0.2) is 0 Å². The highest BCUT2D eigenvalue weighted by Gasteiger charge is 2.07. The summed E-state index contributed by atoms with van der Waals surface area (Å²) in [5.41, 5.74) is 0. The molecule has 0 saturated heterocycles. The topological polar surface area (TPSA) is 52.6 Å². The Labute approximate surface area is 97.3 Å². The zero-order chi connectivity index (χ0) is 12.4. The van der Waals surface area contributed by atoms with Gasteiger partial charge in [-0.15, -0.1) is 0 Å². The van der Waals surface area contributed by atoms with E-state index in [2.05, 4.69) is 6.92 Å². The van der Waals surface area contributed by atoms with E-state index in [1.54, 1.807) is 0 Å². The molecule has 0 saturated carbocycles. The second-order valence-corrected chi connectivity index (χ2v) is 3.89. The summed E-state index contributed by atoms with van der Waals surface area (Å²) in [7, 11) is 0. The molecule has 0 heterocycles. The zero-order valence-electron chi connectivity index (χ0n) is 10.5. The number of hydrogen-bond donors (Lipinski definition) is 0. The highest BCUT2D eigenvalue weighted by molar-refractivity contribution is 5.69. The van der Waals surface area contributed by atoms with Crippen LogP contribution in [0.15, 0.2) is 0 Å². The van der Waals surface area contributed by atoms with Crippen LogP contribution in [0.25, 0.3) is 0 Å². The van der Waals surface area contributed by atoms with Gasteiger partial charge >= 0.3 is 11.9 Å². The van der Waals surface area contributed by atoms with E-state index in [9.17, 15) is 9.59 Å². The van der Waals surface area contributed by atoms with Gasteiger partial charge in [-0.3, -0.25) is 9.59 Å². The van der Waals surface area contributed by atoms with Crippen molar-refractivity contribution >= 4 is 11.9 Å². The standard InChI is InChI=1S/C12H22O4/c1-4-5-9-15-12(14)8-6-7-10(2)16-11(3)13/h10H,4-9H2,1-3H3. The van der Waals surface area contributed by atoms with E-state index in [0.717, 1.165) is 12.8 Å². The van der Waals surface area contributed by atoms with Gasteiger partial charge < -0.3 is 9.47 Å². The molecule has 0 aromatic heterocycles. The van der Waals surface area contributed by atoms with Gasteiger partial charge in [-0.2, -0.15) is 0 Å². The largest absolute Gasteiger partial charge is 0.466 e. The van der Waals surface area contributed by atoms with E-state index in [1.807, 2.05) is 6.92 Å². The Balaban J connectivity index is 3.42. The van der Waals surface area contributed by atoms with E-state index in [0.29, 0.717) is 25.9 Å². The average molecular weight is 230 g/mol. The predicted octanol–water partition coefficient (Wildman–Crippen LogP) is 2.45. The van der Waals surface area contributed by atoms with Crippen molar-refractivity contribution in [1.82, 2.24) is 0 Å². The van der Waals surface area contributed by atoms with Gasteiger partial charge in [0, 0.05) is 13.3 Å². The van der Waals surface area contributed by atoms with Crippen LogP contribution in [0.1, 0.15) is 52.9 Å². The van der Waals surface area contributed by atoms with Gasteiger partial charge in [0.1, 0.15) is 0 Å². The Morgan fingerprint density at radius 3 is 2.50 bits per heavy atom. The molecule has 0 bridgehead atoms. The quantitative estimate of drug-likeness (QED) is 0.475. The molecule has 0 rings (SSSR count). The summed E-state index contributed by atoms with van der Waals surface area (Å²) in [6.45, 7) is 5.77. The first-order valence-corrected chi connectivity index (χ1v) is 5.89. The molecule has 1 unspecified atom stereocenters. The molecule has 0 radical (unpaired) electrons. The van der Waals surface area contributed by atoms with Crippen molar-refractivity contribution in [2.24, 2.45) is 0 Å². The van der Waals surface area contributed by atoms with E-state index >= 15 is 0 Å². The molecule has 0 aliphatic rings. The maximum atomic E-state index is 11.2. The maximum Gasteiger partial charge on any atom is 0.305 e. The minimum Gasteiger partial charge on any atom is -0.466 e. The van der Waals surface area contributed by atoms with E-state index in [-0.39, 0.29) is 18.0 Å². The number of ether oxygens (including phenoxy) is 2. The third-order valence-electron chi connectivity index (χ3n) is 2.12. The van der Waals surface area contributed by atoms with Crippen LogP contribution >= 0.6 is 0 Å². The molecule has 1 atom stereocenters. The van der Waals surface area contributed by atoms with Gasteiger partial charge in [0.2, 0.25) is 0 Å². The minimum absolute atomic E-state index is 0.124. The molecule has 0 aliphatic heterocycles. The molecule has 0 N–H and O–H groups in total. The SMILES string of the molecule is CCCCOC(=O)CCCC(C)OC(C)=O. The number of unbranched alkanes of at least 4 members (excludes halogenated alkanes) is 1. The van der Waals surface area contributed by atoms with Crippen molar-refractivity contribution in [2.45, 2.75) is 59.0 Å². The van der Waals surface area contributed by atoms with Gasteiger partial charge in [-0.1, -0.05) is 13.3 Å². The van der Waals surface area contributed by atoms with Gasteiger partial charge in [-0.25, -0.2) is 0 Å². The first-order chi connectivity index (χ1) is 7.56. The lowest BCUT2D eigenvalue weighted by Gasteiger charge is -2.10. The summed E-state index contributed by atoms with van der Waals surface area (Å²) in [6.07, 6.45) is 3.60. The third kappa shape index (κ3) is 9.49. The minimum atomic E-state index is -0.280. The van der Waals surface area contributed by atoms with Crippen LogP contribution in [0.2, 0.25) is 0 Å². The van der Waals surface area contributed by atoms with E-state index in [1.165, 1.54) is 6.92 Å². The molecule has 94 valence electrons. The van der Waals surface area contributed by atoms with Crippen LogP contribution in [0.4, 0.5) is 0 Å². The Morgan fingerprint density at radius 1 is 1.25 bits per heavy atom. The lowest BCUT2D eigenvalue weighted by atomic mass is 10.2. The Bertz CT molecular complexity index is 213. The first-order valence-electron chi connectivity index (χ1n) is 5.89. The molecule has 0 fully saturated rings. The number of hydrogen-bond acceptors (Lipinski definition) is 4. The number of carbonyl (C=O) groups is 2.